The van der Waals surface area contributed by atoms with Crippen LogP contribution in [0.15, 0.2) is 60.7 Å². The minimum atomic E-state index is -1.03. The predicted octanol–water partition coefficient (Wildman–Crippen LogP) is 6.34. The van der Waals surface area contributed by atoms with Gasteiger partial charge in [-0.2, -0.15) is 0 Å². The molecule has 2 aromatic carbocycles. The smallest absolute Gasteiger partial charge is 0.465 e. The number of carbonyl (C=O) groups is 1. The Morgan fingerprint density at radius 1 is 0.941 bits per heavy atom. The highest BCUT2D eigenvalue weighted by molar-refractivity contribution is 6.50. The second-order valence-electron chi connectivity index (χ2n) is 11.9. The first-order chi connectivity index (χ1) is 15.8. The average Bonchev–Trinajstić information content (AvgIpc) is 3.00. The van der Waals surface area contributed by atoms with Crippen LogP contribution < -0.4 is 0 Å². The molecule has 1 N–H and O–H groups in total. The second kappa shape index (κ2) is 8.42. The maximum Gasteiger partial charge on any atom is 0.490 e. The van der Waals surface area contributed by atoms with Crippen LogP contribution in [0.2, 0.25) is 0 Å². The molecule has 0 aliphatic carbocycles. The van der Waals surface area contributed by atoms with E-state index in [2.05, 4.69) is 45.0 Å². The molecule has 4 rings (SSSR count). The molecule has 0 saturated carbocycles. The van der Waals surface area contributed by atoms with Gasteiger partial charge in [-0.3, -0.25) is 4.90 Å². The van der Waals surface area contributed by atoms with Gasteiger partial charge in [0.15, 0.2) is 0 Å². The molecule has 0 radical (unpaired) electrons. The van der Waals surface area contributed by atoms with Gasteiger partial charge in [0.05, 0.1) is 11.2 Å². The Bertz CT molecular complexity index is 1000. The van der Waals surface area contributed by atoms with E-state index in [1.54, 1.807) is 4.90 Å². The van der Waals surface area contributed by atoms with Crippen molar-refractivity contribution in [2.45, 2.75) is 77.4 Å². The topological polar surface area (TPSA) is 59.0 Å². The van der Waals surface area contributed by atoms with Crippen molar-refractivity contribution in [2.24, 2.45) is 11.3 Å². The SMILES string of the molecule is CC(C)(C)C1C(c2ccccc2)CCN(C(=O)O)C1(B1OC(C)(C)C(C)(C)O1)c1ccccc1. The molecule has 34 heavy (non-hydrogen) atoms. The maximum absolute atomic E-state index is 13.0. The number of piperidine rings is 1. The summed E-state index contributed by atoms with van der Waals surface area (Å²) in [5.41, 5.74) is -0.332. The average molecular weight is 463 g/mol. The molecular formula is C28H38BNO4. The van der Waals surface area contributed by atoms with Crippen LogP contribution in [0.5, 0.6) is 0 Å². The van der Waals surface area contributed by atoms with Crippen LogP contribution in [0.3, 0.4) is 0 Å². The monoisotopic (exact) mass is 463 g/mol. The number of hydrogen-bond acceptors (Lipinski definition) is 3. The highest BCUT2D eigenvalue weighted by Gasteiger charge is 2.69. The minimum Gasteiger partial charge on any atom is -0.465 e. The summed E-state index contributed by atoms with van der Waals surface area (Å²) in [4.78, 5) is 14.6. The van der Waals surface area contributed by atoms with Crippen LogP contribution in [-0.2, 0) is 14.7 Å². The molecule has 2 aromatic rings. The normalized spacial score (nSPS) is 28.7. The van der Waals surface area contributed by atoms with Gasteiger partial charge in [-0.25, -0.2) is 4.79 Å². The Kier molecular flexibility index (Phi) is 6.14. The first-order valence-electron chi connectivity index (χ1n) is 12.3. The van der Waals surface area contributed by atoms with E-state index in [1.165, 1.54) is 5.56 Å². The minimum absolute atomic E-state index is 0.107. The van der Waals surface area contributed by atoms with E-state index in [0.29, 0.717) is 6.54 Å². The van der Waals surface area contributed by atoms with Crippen LogP contribution in [0, 0.1) is 11.3 Å². The van der Waals surface area contributed by atoms with E-state index in [0.717, 1.165) is 12.0 Å². The van der Waals surface area contributed by atoms with Gasteiger partial charge >= 0.3 is 13.2 Å². The van der Waals surface area contributed by atoms with Gasteiger partial charge in [-0.05, 0) is 62.5 Å². The third-order valence-electron chi connectivity index (χ3n) is 8.23. The number of nitrogens with zero attached hydrogens (tertiary/aromatic N) is 1. The van der Waals surface area contributed by atoms with Crippen LogP contribution >= 0.6 is 0 Å². The summed E-state index contributed by atoms with van der Waals surface area (Å²) >= 11 is 0. The summed E-state index contributed by atoms with van der Waals surface area (Å²) in [5.74, 6) is 0.0281. The van der Waals surface area contributed by atoms with Gasteiger partial charge < -0.3 is 14.4 Å². The van der Waals surface area contributed by atoms with E-state index in [-0.39, 0.29) is 17.3 Å². The van der Waals surface area contributed by atoms with Crippen molar-refractivity contribution in [2.75, 3.05) is 6.54 Å². The summed E-state index contributed by atoms with van der Waals surface area (Å²) in [6.07, 6.45) is -0.203. The van der Waals surface area contributed by atoms with Crippen molar-refractivity contribution in [3.8, 4) is 0 Å². The summed E-state index contributed by atoms with van der Waals surface area (Å²) < 4.78 is 13.4. The van der Waals surface area contributed by atoms with E-state index < -0.39 is 29.9 Å². The number of rotatable bonds is 3. The third kappa shape index (κ3) is 3.85. The number of likely N-dealkylation sites (tertiary alicyclic amines) is 1. The van der Waals surface area contributed by atoms with Gasteiger partial charge in [0.25, 0.3) is 0 Å². The molecule has 2 fully saturated rings. The summed E-state index contributed by atoms with van der Waals surface area (Å²) in [7, 11) is -0.758. The standard InChI is InChI=1S/C28H38BNO4/c1-25(2,3)23-22(20-14-10-8-11-15-20)18-19-30(24(31)32)28(23,21-16-12-9-13-17-21)29-33-26(4,5)27(6,7)34-29/h8-17,22-23H,18-19H2,1-7H3,(H,31,32). The number of carboxylic acid groups (broad SMARTS) is 1. The summed E-state index contributed by atoms with van der Waals surface area (Å²) in [6, 6.07) is 20.5. The zero-order valence-electron chi connectivity index (χ0n) is 21.5. The Balaban J connectivity index is 2.04. The molecule has 5 nitrogen and oxygen atoms in total. The molecule has 0 aromatic heterocycles. The highest BCUT2D eigenvalue weighted by atomic mass is 16.7. The molecule has 0 bridgehead atoms. The van der Waals surface area contributed by atoms with Crippen molar-refractivity contribution in [3.63, 3.8) is 0 Å². The highest BCUT2D eigenvalue weighted by Crippen LogP contribution is 2.59. The summed E-state index contributed by atoms with van der Waals surface area (Å²) in [5, 5.41) is 10.6. The molecule has 2 aliphatic rings. The molecule has 2 heterocycles. The Morgan fingerprint density at radius 3 is 1.91 bits per heavy atom. The lowest BCUT2D eigenvalue weighted by Gasteiger charge is -2.58. The fourth-order valence-electron chi connectivity index (χ4n) is 6.14. The van der Waals surface area contributed by atoms with Crippen molar-refractivity contribution in [1.82, 2.24) is 4.90 Å². The first kappa shape index (κ1) is 24.8. The van der Waals surface area contributed by atoms with Crippen molar-refractivity contribution >= 4 is 13.2 Å². The molecule has 1 amide bonds. The summed E-state index contributed by atoms with van der Waals surface area (Å²) in [6.45, 7) is 15.1. The van der Waals surface area contributed by atoms with Gasteiger partial charge in [-0.15, -0.1) is 0 Å². The Hall–Kier alpha value is -2.31. The van der Waals surface area contributed by atoms with E-state index in [1.807, 2.05) is 64.1 Å². The zero-order chi connectivity index (χ0) is 24.9. The Morgan fingerprint density at radius 2 is 1.44 bits per heavy atom. The lowest BCUT2D eigenvalue weighted by molar-refractivity contribution is -0.0306. The van der Waals surface area contributed by atoms with Gasteiger partial charge in [0.1, 0.15) is 5.44 Å². The third-order valence-corrected chi connectivity index (χ3v) is 8.23. The second-order valence-corrected chi connectivity index (χ2v) is 11.9. The first-order valence-corrected chi connectivity index (χ1v) is 12.3. The van der Waals surface area contributed by atoms with Gasteiger partial charge in [0.2, 0.25) is 0 Å². The number of benzene rings is 2. The molecule has 182 valence electrons. The molecule has 3 unspecified atom stereocenters. The molecule has 2 aliphatic heterocycles. The van der Waals surface area contributed by atoms with Crippen molar-refractivity contribution in [1.29, 1.82) is 0 Å². The zero-order valence-corrected chi connectivity index (χ0v) is 21.5. The van der Waals surface area contributed by atoms with Gasteiger partial charge in [0, 0.05) is 6.54 Å². The molecule has 3 atom stereocenters. The Labute approximate surface area is 204 Å². The van der Waals surface area contributed by atoms with Crippen LogP contribution in [0.1, 0.15) is 71.9 Å². The quantitative estimate of drug-likeness (QED) is 0.540. The number of amides is 1. The molecule has 2 saturated heterocycles. The maximum atomic E-state index is 13.0. The molecule has 0 spiro atoms. The van der Waals surface area contributed by atoms with Crippen molar-refractivity contribution in [3.05, 3.63) is 71.8 Å². The lowest BCUT2D eigenvalue weighted by atomic mass is 9.44. The van der Waals surface area contributed by atoms with Crippen LogP contribution in [0.25, 0.3) is 0 Å². The van der Waals surface area contributed by atoms with E-state index >= 15 is 0 Å². The van der Waals surface area contributed by atoms with Gasteiger partial charge in [-0.1, -0.05) is 81.4 Å². The van der Waals surface area contributed by atoms with Crippen LogP contribution in [0.4, 0.5) is 4.79 Å². The van der Waals surface area contributed by atoms with E-state index in [9.17, 15) is 9.90 Å². The van der Waals surface area contributed by atoms with E-state index in [4.69, 9.17) is 9.31 Å². The largest absolute Gasteiger partial charge is 0.490 e. The number of hydrogen-bond donors (Lipinski definition) is 1. The molecule has 6 heteroatoms. The fraction of sp³-hybridized carbons (Fsp3) is 0.536. The lowest BCUT2D eigenvalue weighted by Crippen LogP contribution is -2.69. The fourth-order valence-corrected chi connectivity index (χ4v) is 6.14. The van der Waals surface area contributed by atoms with Crippen molar-refractivity contribution < 1.29 is 19.2 Å². The predicted molar refractivity (Wildman–Crippen MR) is 136 cm³/mol. The molecular weight excluding hydrogens is 425 g/mol. The van der Waals surface area contributed by atoms with Crippen LogP contribution in [-0.4, -0.2) is 41.0 Å².